The summed E-state index contributed by atoms with van der Waals surface area (Å²) in [5, 5.41) is 8.83. The summed E-state index contributed by atoms with van der Waals surface area (Å²) in [5.74, 6) is -0.885. The van der Waals surface area contributed by atoms with Crippen LogP contribution in [0.3, 0.4) is 0 Å². The van der Waals surface area contributed by atoms with Gasteiger partial charge in [0.1, 0.15) is 24.5 Å². The largest absolute Gasteiger partial charge is 0.474 e. The van der Waals surface area contributed by atoms with Crippen molar-refractivity contribution < 1.29 is 28.7 Å². The predicted molar refractivity (Wildman–Crippen MR) is 122 cm³/mol. The van der Waals surface area contributed by atoms with E-state index in [-0.39, 0.29) is 24.8 Å². The van der Waals surface area contributed by atoms with E-state index in [0.29, 0.717) is 6.29 Å². The molecule has 0 aliphatic heterocycles. The Balaban J connectivity index is 2.78. The first-order chi connectivity index (χ1) is 15.4. The molecule has 182 valence electrons. The average Bonchev–Trinajstić information content (AvgIpc) is 2.73. The minimum atomic E-state index is -1.03. The number of nitrogens with two attached hydrogens (primary N) is 1. The second-order valence-electron chi connectivity index (χ2n) is 8.58. The van der Waals surface area contributed by atoms with Crippen molar-refractivity contribution in [1.29, 1.82) is 0 Å². The number of nitrogens with one attached hydrogen (secondary N) is 3. The third-order valence-corrected chi connectivity index (χ3v) is 4.04. The number of hydrogen-bond acceptors (Lipinski definition) is 7. The molecule has 2 atom stereocenters. The van der Waals surface area contributed by atoms with Crippen molar-refractivity contribution >= 4 is 30.2 Å². The summed E-state index contributed by atoms with van der Waals surface area (Å²) >= 11 is 0. The molecule has 0 aromatic heterocycles. The molecule has 1 aromatic carbocycles. The topological polar surface area (TPSA) is 161 Å². The number of urea groups is 1. The molecule has 11 nitrogen and oxygen atoms in total. The van der Waals surface area contributed by atoms with Crippen molar-refractivity contribution in [1.82, 2.24) is 16.1 Å². The van der Waals surface area contributed by atoms with Gasteiger partial charge in [-0.3, -0.25) is 4.79 Å². The first-order valence-electron chi connectivity index (χ1n) is 10.4. The van der Waals surface area contributed by atoms with Gasteiger partial charge in [-0.15, -0.1) is 5.10 Å². The molecular weight excluding hydrogens is 430 g/mol. The smallest absolute Gasteiger partial charge is 0.408 e. The van der Waals surface area contributed by atoms with Crippen LogP contribution in [0.5, 0.6) is 0 Å². The van der Waals surface area contributed by atoms with Gasteiger partial charge in [0, 0.05) is 0 Å². The fraction of sp³-hybridized carbons (Fsp3) is 0.500. The van der Waals surface area contributed by atoms with Crippen LogP contribution in [0.2, 0.25) is 0 Å². The first kappa shape index (κ1) is 27.4. The van der Waals surface area contributed by atoms with Crippen molar-refractivity contribution in [2.24, 2.45) is 16.8 Å². The molecule has 0 radical (unpaired) electrons. The molecule has 33 heavy (non-hydrogen) atoms. The summed E-state index contributed by atoms with van der Waals surface area (Å²) < 4.78 is 10.8. The van der Waals surface area contributed by atoms with Gasteiger partial charge in [0.2, 0.25) is 11.8 Å². The number of primary amides is 1. The summed E-state index contributed by atoms with van der Waals surface area (Å²) in [4.78, 5) is 47.6. The van der Waals surface area contributed by atoms with E-state index in [1.165, 1.54) is 0 Å². The second-order valence-corrected chi connectivity index (χ2v) is 8.58. The number of alkyl carbamates (subject to hydrolysis) is 1. The third kappa shape index (κ3) is 11.5. The van der Waals surface area contributed by atoms with E-state index in [4.69, 9.17) is 15.2 Å². The molecule has 1 aromatic rings. The molecule has 4 amide bonds. The van der Waals surface area contributed by atoms with Crippen molar-refractivity contribution in [2.75, 3.05) is 0 Å². The van der Waals surface area contributed by atoms with Crippen LogP contribution in [-0.4, -0.2) is 47.9 Å². The van der Waals surface area contributed by atoms with Gasteiger partial charge in [-0.25, -0.2) is 15.0 Å². The number of hydrogen-bond donors (Lipinski definition) is 4. The van der Waals surface area contributed by atoms with E-state index >= 15 is 0 Å². The lowest BCUT2D eigenvalue weighted by Crippen LogP contribution is -2.53. The van der Waals surface area contributed by atoms with Crippen molar-refractivity contribution in [3.63, 3.8) is 0 Å². The number of hydrazone groups is 1. The molecule has 0 saturated heterocycles. The molecule has 0 unspecified atom stereocenters. The van der Waals surface area contributed by atoms with Crippen LogP contribution >= 0.6 is 0 Å². The molecule has 0 spiro atoms. The molecule has 0 fully saturated rings. The zero-order valence-corrected chi connectivity index (χ0v) is 19.6. The minimum Gasteiger partial charge on any atom is -0.474 e. The van der Waals surface area contributed by atoms with Crippen molar-refractivity contribution in [3.8, 4) is 0 Å². The summed E-state index contributed by atoms with van der Waals surface area (Å²) in [6.45, 7) is 8.78. The number of ether oxygens (including phenoxy) is 2. The standard InChI is InChI=1S/C22H33N5O6/c1-14(2)18(25-21(31)32-13-15-9-7-6-8-10-15)19(29)24-16(12-28)11-17(26-27-20(23)30)33-22(3,4)5/h6-10,12,14,16,18H,11,13H2,1-5H3,(H,24,29)(H,25,31)(H3,23,27,30)/t16-,18-/m0/s1. The lowest BCUT2D eigenvalue weighted by Gasteiger charge is -2.25. The van der Waals surface area contributed by atoms with Gasteiger partial charge >= 0.3 is 12.1 Å². The Bertz CT molecular complexity index is 835. The molecule has 0 bridgehead atoms. The van der Waals surface area contributed by atoms with Gasteiger partial charge < -0.3 is 30.6 Å². The lowest BCUT2D eigenvalue weighted by molar-refractivity contribution is -0.126. The lowest BCUT2D eigenvalue weighted by atomic mass is 10.0. The minimum absolute atomic E-state index is 0.00460. The Kier molecular flexibility index (Phi) is 10.8. The van der Waals surface area contributed by atoms with Gasteiger partial charge in [0.15, 0.2) is 0 Å². The highest BCUT2D eigenvalue weighted by molar-refractivity contribution is 5.89. The fourth-order valence-corrected chi connectivity index (χ4v) is 2.60. The van der Waals surface area contributed by atoms with E-state index in [9.17, 15) is 19.2 Å². The summed E-state index contributed by atoms with van der Waals surface area (Å²) in [5.41, 5.74) is 7.19. The number of rotatable bonds is 10. The van der Waals surface area contributed by atoms with Gasteiger partial charge in [-0.05, 0) is 32.3 Å². The monoisotopic (exact) mass is 463 g/mol. The highest BCUT2D eigenvalue weighted by atomic mass is 16.5. The number of carbonyl (C=O) groups excluding carboxylic acids is 4. The second kappa shape index (κ2) is 13.0. The maximum Gasteiger partial charge on any atom is 0.408 e. The highest BCUT2D eigenvalue weighted by Gasteiger charge is 2.28. The Morgan fingerprint density at radius 1 is 1.12 bits per heavy atom. The molecule has 0 aliphatic carbocycles. The Hall–Kier alpha value is -3.63. The van der Waals surface area contributed by atoms with Gasteiger partial charge in [-0.1, -0.05) is 44.2 Å². The van der Waals surface area contributed by atoms with Crippen LogP contribution in [0, 0.1) is 5.92 Å². The number of aldehydes is 1. The quantitative estimate of drug-likeness (QED) is 0.179. The third-order valence-electron chi connectivity index (χ3n) is 4.04. The Morgan fingerprint density at radius 2 is 1.76 bits per heavy atom. The van der Waals surface area contributed by atoms with Crippen LogP contribution < -0.4 is 21.8 Å². The van der Waals surface area contributed by atoms with E-state index in [0.717, 1.165) is 5.56 Å². The van der Waals surface area contributed by atoms with Crippen molar-refractivity contribution in [2.45, 2.75) is 65.3 Å². The molecule has 0 saturated carbocycles. The number of benzene rings is 1. The average molecular weight is 464 g/mol. The van der Waals surface area contributed by atoms with E-state index in [1.807, 2.05) is 23.6 Å². The van der Waals surface area contributed by atoms with Gasteiger partial charge in [0.05, 0.1) is 12.5 Å². The van der Waals surface area contributed by atoms with E-state index in [1.54, 1.807) is 46.8 Å². The van der Waals surface area contributed by atoms with Gasteiger partial charge in [-0.2, -0.15) is 0 Å². The van der Waals surface area contributed by atoms with E-state index < -0.39 is 35.7 Å². The molecule has 11 heteroatoms. The number of amides is 4. The molecular formula is C22H33N5O6. The maximum atomic E-state index is 12.8. The van der Waals surface area contributed by atoms with Gasteiger partial charge in [0.25, 0.3) is 0 Å². The molecule has 0 heterocycles. The molecule has 0 aliphatic rings. The van der Waals surface area contributed by atoms with Crippen LogP contribution in [0.1, 0.15) is 46.6 Å². The highest BCUT2D eigenvalue weighted by Crippen LogP contribution is 2.11. The summed E-state index contributed by atoms with van der Waals surface area (Å²) in [6, 6.07) is 6.20. The van der Waals surface area contributed by atoms with Crippen LogP contribution in [0.25, 0.3) is 0 Å². The SMILES string of the molecule is CC(C)[C@H](NC(=O)OCc1ccccc1)C(=O)N[C@H](C=O)CC(=NNC(N)=O)OC(C)(C)C. The van der Waals surface area contributed by atoms with Crippen LogP contribution in [0.4, 0.5) is 9.59 Å². The van der Waals surface area contributed by atoms with Crippen molar-refractivity contribution in [3.05, 3.63) is 35.9 Å². The van der Waals surface area contributed by atoms with Crippen LogP contribution in [0.15, 0.2) is 35.4 Å². The predicted octanol–water partition coefficient (Wildman–Crippen LogP) is 1.81. The first-order valence-corrected chi connectivity index (χ1v) is 10.4. The normalized spacial score (nSPS) is 13.5. The molecule has 1 rings (SSSR count). The number of carbonyl (C=O) groups is 4. The van der Waals surface area contributed by atoms with Crippen LogP contribution in [-0.2, 0) is 25.7 Å². The maximum absolute atomic E-state index is 12.8. The van der Waals surface area contributed by atoms with E-state index in [2.05, 4.69) is 15.7 Å². The Labute approximate surface area is 193 Å². The zero-order valence-electron chi connectivity index (χ0n) is 19.6. The summed E-state index contributed by atoms with van der Waals surface area (Å²) in [6.07, 6.45) is -0.399. The summed E-state index contributed by atoms with van der Waals surface area (Å²) in [7, 11) is 0. The molecule has 5 N–H and O–H groups in total. The fourth-order valence-electron chi connectivity index (χ4n) is 2.60. The number of nitrogens with zero attached hydrogens (tertiary/aromatic N) is 1. The Morgan fingerprint density at radius 3 is 2.27 bits per heavy atom. The zero-order chi connectivity index (χ0) is 25.0.